The van der Waals surface area contributed by atoms with Crippen LogP contribution in [-0.4, -0.2) is 29.8 Å². The molecule has 0 saturated carbocycles. The Bertz CT molecular complexity index is 552. The van der Waals surface area contributed by atoms with Gasteiger partial charge < -0.3 is 15.2 Å². The van der Waals surface area contributed by atoms with Crippen molar-refractivity contribution >= 4 is 27.9 Å². The first-order valence-electron chi connectivity index (χ1n) is 6.47. The summed E-state index contributed by atoms with van der Waals surface area (Å²) in [6.07, 6.45) is 2.35. The molecule has 1 aliphatic heterocycles. The lowest BCUT2D eigenvalue weighted by molar-refractivity contribution is -0.119. The average molecular weight is 340 g/mol. The van der Waals surface area contributed by atoms with Gasteiger partial charge in [0.15, 0.2) is 0 Å². The van der Waals surface area contributed by atoms with Crippen LogP contribution < -0.4 is 10.1 Å². The van der Waals surface area contributed by atoms with Crippen LogP contribution in [0.25, 0.3) is 6.08 Å². The quantitative estimate of drug-likeness (QED) is 0.886. The van der Waals surface area contributed by atoms with E-state index in [2.05, 4.69) is 21.2 Å². The molecule has 20 heavy (non-hydrogen) atoms. The van der Waals surface area contributed by atoms with Crippen molar-refractivity contribution in [1.82, 2.24) is 5.32 Å². The standard InChI is InChI=1S/C15H18BrNO3/c1-15(2,5-6-18)17-14(19)11-7-10-8-12(16)3-4-13(10)20-9-11/h3-4,7-8,18H,5-6,9H2,1-2H3,(H,17,19). The molecule has 0 aromatic heterocycles. The number of carbonyl (C=O) groups is 1. The number of rotatable bonds is 4. The monoisotopic (exact) mass is 339 g/mol. The number of ether oxygens (including phenoxy) is 1. The van der Waals surface area contributed by atoms with Crippen LogP contribution in [0, 0.1) is 0 Å². The molecule has 0 fully saturated rings. The molecule has 2 N–H and O–H groups in total. The molecule has 0 saturated heterocycles. The summed E-state index contributed by atoms with van der Waals surface area (Å²) in [6, 6.07) is 5.70. The van der Waals surface area contributed by atoms with Crippen LogP contribution in [0.15, 0.2) is 28.2 Å². The van der Waals surface area contributed by atoms with E-state index < -0.39 is 5.54 Å². The fourth-order valence-corrected chi connectivity index (χ4v) is 2.39. The first kappa shape index (κ1) is 15.1. The molecule has 1 heterocycles. The van der Waals surface area contributed by atoms with Crippen molar-refractivity contribution in [2.75, 3.05) is 13.2 Å². The summed E-state index contributed by atoms with van der Waals surface area (Å²) in [7, 11) is 0. The summed E-state index contributed by atoms with van der Waals surface area (Å²) < 4.78 is 6.53. The van der Waals surface area contributed by atoms with Crippen LogP contribution in [0.5, 0.6) is 5.75 Å². The zero-order valence-electron chi connectivity index (χ0n) is 11.6. The highest BCUT2D eigenvalue weighted by atomic mass is 79.9. The molecule has 1 amide bonds. The zero-order chi connectivity index (χ0) is 14.8. The number of aliphatic hydroxyl groups excluding tert-OH is 1. The number of hydrogen-bond donors (Lipinski definition) is 2. The molecule has 1 aliphatic rings. The van der Waals surface area contributed by atoms with Gasteiger partial charge in [0, 0.05) is 22.2 Å². The van der Waals surface area contributed by atoms with Gasteiger partial charge >= 0.3 is 0 Å². The molecular weight excluding hydrogens is 322 g/mol. The maximum Gasteiger partial charge on any atom is 0.251 e. The average Bonchev–Trinajstić information content (AvgIpc) is 2.37. The molecule has 0 atom stereocenters. The largest absolute Gasteiger partial charge is 0.488 e. The number of amides is 1. The third-order valence-electron chi connectivity index (χ3n) is 3.17. The second kappa shape index (κ2) is 5.97. The highest BCUT2D eigenvalue weighted by molar-refractivity contribution is 9.10. The Morgan fingerprint density at radius 2 is 2.25 bits per heavy atom. The van der Waals surface area contributed by atoms with E-state index in [1.807, 2.05) is 38.1 Å². The van der Waals surface area contributed by atoms with Crippen LogP contribution in [0.2, 0.25) is 0 Å². The van der Waals surface area contributed by atoms with Gasteiger partial charge in [0.25, 0.3) is 5.91 Å². The van der Waals surface area contributed by atoms with E-state index in [9.17, 15) is 4.79 Å². The molecule has 2 rings (SSSR count). The second-order valence-electron chi connectivity index (χ2n) is 5.45. The first-order chi connectivity index (χ1) is 9.41. The number of benzene rings is 1. The minimum absolute atomic E-state index is 0.0403. The zero-order valence-corrected chi connectivity index (χ0v) is 13.2. The third-order valence-corrected chi connectivity index (χ3v) is 3.66. The van der Waals surface area contributed by atoms with Gasteiger partial charge in [-0.1, -0.05) is 15.9 Å². The van der Waals surface area contributed by atoms with E-state index in [-0.39, 0.29) is 19.1 Å². The van der Waals surface area contributed by atoms with Crippen molar-refractivity contribution < 1.29 is 14.6 Å². The predicted octanol–water partition coefficient (Wildman–Crippen LogP) is 2.50. The Morgan fingerprint density at radius 3 is 2.95 bits per heavy atom. The van der Waals surface area contributed by atoms with Gasteiger partial charge in [-0.2, -0.15) is 0 Å². The van der Waals surface area contributed by atoms with Gasteiger partial charge in [-0.3, -0.25) is 4.79 Å². The van der Waals surface area contributed by atoms with Gasteiger partial charge in [-0.15, -0.1) is 0 Å². The lowest BCUT2D eigenvalue weighted by Gasteiger charge is -2.27. The molecule has 108 valence electrons. The van der Waals surface area contributed by atoms with E-state index in [4.69, 9.17) is 9.84 Å². The lowest BCUT2D eigenvalue weighted by atomic mass is 10.00. The van der Waals surface area contributed by atoms with Crippen molar-refractivity contribution in [2.24, 2.45) is 0 Å². The predicted molar refractivity (Wildman–Crippen MR) is 81.5 cm³/mol. The molecule has 4 nitrogen and oxygen atoms in total. The van der Waals surface area contributed by atoms with E-state index in [1.165, 1.54) is 0 Å². The van der Waals surface area contributed by atoms with E-state index in [0.717, 1.165) is 15.8 Å². The second-order valence-corrected chi connectivity index (χ2v) is 6.37. The Labute approximate surface area is 127 Å². The van der Waals surface area contributed by atoms with E-state index in [0.29, 0.717) is 12.0 Å². The normalized spacial score (nSPS) is 14.1. The van der Waals surface area contributed by atoms with Crippen LogP contribution in [0.3, 0.4) is 0 Å². The third kappa shape index (κ3) is 3.61. The van der Waals surface area contributed by atoms with Crippen molar-refractivity contribution in [2.45, 2.75) is 25.8 Å². The van der Waals surface area contributed by atoms with Crippen molar-refractivity contribution in [3.63, 3.8) is 0 Å². The number of carbonyl (C=O) groups excluding carboxylic acids is 1. The molecule has 0 unspecified atom stereocenters. The maximum absolute atomic E-state index is 12.2. The summed E-state index contributed by atoms with van der Waals surface area (Å²) >= 11 is 3.40. The SMILES string of the molecule is CC(C)(CCO)NC(=O)C1=Cc2cc(Br)ccc2OC1. The van der Waals surface area contributed by atoms with Crippen molar-refractivity contribution in [3.8, 4) is 5.75 Å². The van der Waals surface area contributed by atoms with Crippen LogP contribution in [0.1, 0.15) is 25.8 Å². The van der Waals surface area contributed by atoms with E-state index >= 15 is 0 Å². The topological polar surface area (TPSA) is 58.6 Å². The smallest absolute Gasteiger partial charge is 0.251 e. The molecule has 5 heteroatoms. The number of fused-ring (bicyclic) bond motifs is 1. The van der Waals surface area contributed by atoms with E-state index in [1.54, 1.807) is 0 Å². The Morgan fingerprint density at radius 1 is 1.50 bits per heavy atom. The van der Waals surface area contributed by atoms with Crippen molar-refractivity contribution in [3.05, 3.63) is 33.8 Å². The van der Waals surface area contributed by atoms with Crippen molar-refractivity contribution in [1.29, 1.82) is 0 Å². The minimum Gasteiger partial charge on any atom is -0.488 e. The first-order valence-corrected chi connectivity index (χ1v) is 7.27. The number of halogens is 1. The molecule has 0 radical (unpaired) electrons. The Balaban J connectivity index is 2.16. The molecule has 1 aromatic rings. The van der Waals surface area contributed by atoms with Gasteiger partial charge in [0.05, 0.1) is 5.57 Å². The summed E-state index contributed by atoms with van der Waals surface area (Å²) in [4.78, 5) is 12.2. The van der Waals surface area contributed by atoms with Crippen LogP contribution in [-0.2, 0) is 4.79 Å². The van der Waals surface area contributed by atoms with Gasteiger partial charge in [0.2, 0.25) is 0 Å². The lowest BCUT2D eigenvalue weighted by Crippen LogP contribution is -2.45. The minimum atomic E-state index is -0.440. The number of hydrogen-bond acceptors (Lipinski definition) is 3. The molecule has 1 aromatic carbocycles. The number of aliphatic hydroxyl groups is 1. The fourth-order valence-electron chi connectivity index (χ4n) is 2.01. The highest BCUT2D eigenvalue weighted by Crippen LogP contribution is 2.29. The summed E-state index contributed by atoms with van der Waals surface area (Å²) in [5.41, 5.74) is 1.03. The molecule has 0 aliphatic carbocycles. The van der Waals surface area contributed by atoms with Gasteiger partial charge in [-0.25, -0.2) is 0 Å². The molecular formula is C15H18BrNO3. The van der Waals surface area contributed by atoms with Crippen LogP contribution >= 0.6 is 15.9 Å². The summed E-state index contributed by atoms with van der Waals surface area (Å²) in [6.45, 7) is 4.07. The molecule has 0 spiro atoms. The Hall–Kier alpha value is -1.33. The maximum atomic E-state index is 12.2. The fraction of sp³-hybridized carbons (Fsp3) is 0.400. The summed E-state index contributed by atoms with van der Waals surface area (Å²) in [5.74, 6) is 0.619. The molecule has 0 bridgehead atoms. The summed E-state index contributed by atoms with van der Waals surface area (Å²) in [5, 5.41) is 11.9. The highest BCUT2D eigenvalue weighted by Gasteiger charge is 2.24. The number of nitrogens with one attached hydrogen (secondary N) is 1. The van der Waals surface area contributed by atoms with Gasteiger partial charge in [-0.05, 0) is 44.5 Å². The van der Waals surface area contributed by atoms with Crippen LogP contribution in [0.4, 0.5) is 0 Å². The Kier molecular flexibility index (Phi) is 4.50. The van der Waals surface area contributed by atoms with Gasteiger partial charge in [0.1, 0.15) is 12.4 Å².